The molecule has 5 N–H and O–H groups in total. The summed E-state index contributed by atoms with van der Waals surface area (Å²) in [6.45, 7) is 8.22. The Labute approximate surface area is 374 Å². The van der Waals surface area contributed by atoms with Crippen molar-refractivity contribution in [2.75, 3.05) is 18.9 Å². The van der Waals surface area contributed by atoms with E-state index in [9.17, 15) is 19.8 Å². The lowest BCUT2D eigenvalue weighted by molar-refractivity contribution is -0.141. The summed E-state index contributed by atoms with van der Waals surface area (Å²) >= 11 is 1.56. The average Bonchev–Trinajstić information content (AvgIpc) is 4.15. The second-order valence-corrected chi connectivity index (χ2v) is 17.4. The molecule has 8 rings (SSSR count). The van der Waals surface area contributed by atoms with Gasteiger partial charge in [0.1, 0.15) is 17.7 Å². The summed E-state index contributed by atoms with van der Waals surface area (Å²) in [6.07, 6.45) is 6.28. The number of nitrogen functional groups attached to an aromatic ring is 1. The van der Waals surface area contributed by atoms with E-state index in [0.29, 0.717) is 35.6 Å². The van der Waals surface area contributed by atoms with Crippen molar-refractivity contribution in [1.82, 2.24) is 40.3 Å². The molecule has 1 aliphatic heterocycles. The lowest BCUT2D eigenvalue weighted by Crippen LogP contribution is -2.48. The number of aromatic nitrogens is 6. The van der Waals surface area contributed by atoms with Gasteiger partial charge in [-0.3, -0.25) is 19.3 Å². The number of amides is 2. The average molecular weight is 882 g/mol. The molecule has 0 spiro atoms. The van der Waals surface area contributed by atoms with E-state index >= 15 is 0 Å². The molecule has 3 aromatic carbocycles. The number of aryl methyl sites for hydroxylation is 1. The minimum Gasteiger partial charge on any atom is -0.507 e. The largest absolute Gasteiger partial charge is 0.507 e. The van der Waals surface area contributed by atoms with Crippen LogP contribution in [0.5, 0.6) is 11.6 Å². The molecular weight excluding hydrogens is 831 g/mol. The molecule has 0 bridgehead atoms. The summed E-state index contributed by atoms with van der Waals surface area (Å²) in [5.74, 6) is -0.547. The number of phenolic OH excluding ortho intramolecular Hbond substituents is 1. The van der Waals surface area contributed by atoms with E-state index in [4.69, 9.17) is 15.0 Å². The number of ether oxygens (including phenoxy) is 1. The van der Waals surface area contributed by atoms with Crippen LogP contribution in [0.4, 0.5) is 5.82 Å². The number of hydrogen-bond donors (Lipinski definition) is 4. The Balaban J connectivity index is 0.831. The third-order valence-corrected chi connectivity index (χ3v) is 12.6. The molecule has 0 aliphatic carbocycles. The van der Waals surface area contributed by atoms with E-state index in [1.54, 1.807) is 53.4 Å². The van der Waals surface area contributed by atoms with Gasteiger partial charge in [-0.25, -0.2) is 0 Å². The fraction of sp³-hybridized carbons (Fsp3) is 0.312. The number of nitrogens with two attached hydrogens (primary N) is 1. The fourth-order valence-electron chi connectivity index (χ4n) is 8.11. The SMILES string of the molecule is CC(C)C(C(=O)N1C[C@H](O)C[C@H]1C(=O)N[C@@H](C)c1ccc(-c2cncs2)cc1)c1cc(OCCCc2ccc(C(C)n3cc(-c4cc(-c5ccccc5O)nnc4N)cn3)cc2)no1. The highest BCUT2D eigenvalue weighted by Gasteiger charge is 2.43. The summed E-state index contributed by atoms with van der Waals surface area (Å²) in [4.78, 5) is 34.5. The second kappa shape index (κ2) is 19.2. The fourth-order valence-corrected chi connectivity index (χ4v) is 8.73. The van der Waals surface area contributed by atoms with Gasteiger partial charge in [-0.2, -0.15) is 5.10 Å². The maximum absolute atomic E-state index is 14.1. The highest BCUT2D eigenvalue weighted by molar-refractivity contribution is 7.13. The maximum Gasteiger partial charge on any atom is 0.254 e. The predicted molar refractivity (Wildman–Crippen MR) is 243 cm³/mol. The van der Waals surface area contributed by atoms with Gasteiger partial charge in [0.15, 0.2) is 11.6 Å². The highest BCUT2D eigenvalue weighted by Crippen LogP contribution is 2.35. The Morgan fingerprint density at radius 1 is 0.953 bits per heavy atom. The van der Waals surface area contributed by atoms with Gasteiger partial charge in [0, 0.05) is 48.1 Å². The van der Waals surface area contributed by atoms with E-state index in [0.717, 1.165) is 39.1 Å². The zero-order chi connectivity index (χ0) is 44.9. The number of nitrogens with one attached hydrogen (secondary N) is 1. The van der Waals surface area contributed by atoms with Crippen molar-refractivity contribution in [1.29, 1.82) is 0 Å². The van der Waals surface area contributed by atoms with Crippen molar-refractivity contribution in [3.63, 3.8) is 0 Å². The van der Waals surface area contributed by atoms with Gasteiger partial charge in [0.05, 0.1) is 47.1 Å². The van der Waals surface area contributed by atoms with Crippen molar-refractivity contribution in [3.8, 4) is 44.5 Å². The van der Waals surface area contributed by atoms with Gasteiger partial charge in [0.25, 0.3) is 5.88 Å². The van der Waals surface area contributed by atoms with E-state index < -0.39 is 18.1 Å². The Morgan fingerprint density at radius 3 is 2.45 bits per heavy atom. The standard InChI is InChI=1S/C48H51N9O6S/c1-28(2)45(48(61)56-26-36(58)20-40(56)47(60)52-29(3)32-15-17-34(18-16-32)43-24-50-27-64-43)42-22-44(55-63-42)62-19-7-8-31-11-13-33(14-12-31)30(4)57-25-35(23-51-57)38-21-39(53-54-46(38)49)37-9-5-6-10-41(37)59/h5-6,9-18,21-25,27-30,36,40,45,58-59H,7-8,19-20,26H2,1-4H3,(H2,49,54)(H,52,60)/t29-,30?,36+,40-,45?/m0/s1. The summed E-state index contributed by atoms with van der Waals surface area (Å²) in [5, 5.41) is 41.1. The number of carbonyl (C=O) groups is 2. The molecule has 0 radical (unpaired) electrons. The molecule has 16 heteroatoms. The van der Waals surface area contributed by atoms with E-state index in [1.165, 1.54) is 4.90 Å². The molecule has 1 saturated heterocycles. The van der Waals surface area contributed by atoms with Crippen molar-refractivity contribution in [2.24, 2.45) is 5.92 Å². The lowest BCUT2D eigenvalue weighted by Gasteiger charge is -2.29. The van der Waals surface area contributed by atoms with Crippen LogP contribution in [-0.4, -0.2) is 82.3 Å². The highest BCUT2D eigenvalue weighted by atomic mass is 32.1. The van der Waals surface area contributed by atoms with Gasteiger partial charge >= 0.3 is 0 Å². The predicted octanol–water partition coefficient (Wildman–Crippen LogP) is 7.61. The molecule has 4 aromatic heterocycles. The number of likely N-dealkylation sites (tertiary alicyclic amines) is 1. The van der Waals surface area contributed by atoms with Crippen LogP contribution in [0.3, 0.4) is 0 Å². The van der Waals surface area contributed by atoms with Crippen molar-refractivity contribution < 1.29 is 29.1 Å². The Hall–Kier alpha value is -6.91. The molecule has 0 saturated carbocycles. The third-order valence-electron chi connectivity index (χ3n) is 11.7. The van der Waals surface area contributed by atoms with Crippen LogP contribution in [0.1, 0.15) is 81.0 Å². The third kappa shape index (κ3) is 9.67. The topological polar surface area (TPSA) is 208 Å². The van der Waals surface area contributed by atoms with Gasteiger partial charge < -0.3 is 35.4 Å². The summed E-state index contributed by atoms with van der Waals surface area (Å²) < 4.78 is 13.5. The van der Waals surface area contributed by atoms with Crippen molar-refractivity contribution in [2.45, 2.75) is 77.1 Å². The molecule has 1 fully saturated rings. The molecule has 330 valence electrons. The molecule has 1 aliphatic rings. The van der Waals surface area contributed by atoms with Gasteiger partial charge in [-0.15, -0.1) is 21.5 Å². The zero-order valence-corrected chi connectivity index (χ0v) is 36.9. The van der Waals surface area contributed by atoms with Crippen LogP contribution in [0.25, 0.3) is 32.8 Å². The number of aliphatic hydroxyl groups excluding tert-OH is 1. The minimum absolute atomic E-state index is 0.0447. The van der Waals surface area contributed by atoms with E-state index in [-0.39, 0.29) is 60.2 Å². The number of β-amino-alcohol motifs (C(OH)–C–C–N with tert-alkyl or cyclic N) is 1. The summed E-state index contributed by atoms with van der Waals surface area (Å²) in [7, 11) is 0. The first-order valence-electron chi connectivity index (χ1n) is 21.4. The van der Waals surface area contributed by atoms with Crippen LogP contribution < -0.4 is 15.8 Å². The first-order chi connectivity index (χ1) is 30.9. The first-order valence-corrected chi connectivity index (χ1v) is 22.2. The van der Waals surface area contributed by atoms with E-state index in [2.05, 4.69) is 61.9 Å². The number of thiazole rings is 1. The van der Waals surface area contributed by atoms with Crippen LogP contribution in [0.2, 0.25) is 0 Å². The smallest absolute Gasteiger partial charge is 0.254 e. The molecule has 2 amide bonds. The number of hydrogen-bond acceptors (Lipinski definition) is 13. The second-order valence-electron chi connectivity index (χ2n) is 16.5. The number of rotatable bonds is 16. The first kappa shape index (κ1) is 43.7. The molecule has 64 heavy (non-hydrogen) atoms. The molecule has 5 heterocycles. The molecule has 7 aromatic rings. The number of carbonyl (C=O) groups excluding carboxylic acids is 2. The number of nitrogens with zero attached hydrogens (tertiary/aromatic N) is 7. The number of para-hydroxylation sites is 1. The molecule has 15 nitrogen and oxygen atoms in total. The molecule has 5 atom stereocenters. The Bertz CT molecular complexity index is 2680. The van der Waals surface area contributed by atoms with Crippen LogP contribution >= 0.6 is 11.3 Å². The number of benzene rings is 3. The summed E-state index contributed by atoms with van der Waals surface area (Å²) in [5.41, 5.74) is 14.7. The molecule has 2 unspecified atom stereocenters. The monoisotopic (exact) mass is 881 g/mol. The number of anilines is 1. The summed E-state index contributed by atoms with van der Waals surface area (Å²) in [6, 6.07) is 25.5. The number of aliphatic hydroxyl groups is 1. The van der Waals surface area contributed by atoms with E-state index in [1.807, 2.05) is 68.2 Å². The maximum atomic E-state index is 14.1. The minimum atomic E-state index is -0.834. The Kier molecular flexibility index (Phi) is 13.1. The number of phenols is 1. The normalized spacial score (nSPS) is 16.4. The number of aromatic hydroxyl groups is 1. The zero-order valence-electron chi connectivity index (χ0n) is 36.0. The van der Waals surface area contributed by atoms with Gasteiger partial charge in [-0.1, -0.05) is 74.5 Å². The van der Waals surface area contributed by atoms with Crippen molar-refractivity contribution >= 4 is 29.0 Å². The van der Waals surface area contributed by atoms with Gasteiger partial charge in [0.2, 0.25) is 11.8 Å². The van der Waals surface area contributed by atoms with Crippen LogP contribution in [-0.2, 0) is 16.0 Å². The molecular formula is C48H51N9O6S. The van der Waals surface area contributed by atoms with Crippen LogP contribution in [0, 0.1) is 5.92 Å². The Morgan fingerprint density at radius 2 is 1.72 bits per heavy atom. The van der Waals surface area contributed by atoms with Crippen molar-refractivity contribution in [3.05, 3.63) is 131 Å². The lowest BCUT2D eigenvalue weighted by atomic mass is 9.91. The van der Waals surface area contributed by atoms with Gasteiger partial charge in [-0.05, 0) is 78.2 Å². The quantitative estimate of drug-likeness (QED) is 0.0692. The van der Waals surface area contributed by atoms with Crippen LogP contribution in [0.15, 0.2) is 114 Å².